The average molecular weight is 431 g/mol. The van der Waals surface area contributed by atoms with Crippen LogP contribution in [-0.4, -0.2) is 41.1 Å². The number of aromatic nitrogens is 3. The monoisotopic (exact) mass is 430 g/mol. The van der Waals surface area contributed by atoms with Crippen LogP contribution in [0.15, 0.2) is 36.5 Å². The van der Waals surface area contributed by atoms with Crippen LogP contribution in [0.5, 0.6) is 0 Å². The lowest BCUT2D eigenvalue weighted by atomic mass is 10.1. The highest BCUT2D eigenvalue weighted by atomic mass is 35.5. The van der Waals surface area contributed by atoms with Crippen molar-refractivity contribution in [2.75, 3.05) is 41.7 Å². The molecular weight excluding hydrogens is 407 g/mol. The molecule has 1 aliphatic heterocycles. The number of benzene rings is 1. The largest absolute Gasteiger partial charge is 0.384 e. The topological polar surface area (TPSA) is 66.0 Å². The number of rotatable bonds is 7. The standard InChI is InChI=1S/C21H24Cl2N6/c22-15-5-6-16-17(7-10-25-18(16)13-15)24-8-4-9-26-21-27-19(23)14-20(28-21)29-11-2-1-3-12-29/h5-7,10,13-14H,1-4,8-9,11-12H2,(H,24,25)(H,26,27,28). The molecule has 0 spiro atoms. The van der Waals surface area contributed by atoms with Crippen LogP contribution in [0.2, 0.25) is 10.2 Å². The molecule has 29 heavy (non-hydrogen) atoms. The molecule has 0 radical (unpaired) electrons. The smallest absolute Gasteiger partial charge is 0.226 e. The fraction of sp³-hybridized carbons (Fsp3) is 0.381. The van der Waals surface area contributed by atoms with Crippen molar-refractivity contribution in [1.82, 2.24) is 15.0 Å². The Hall–Kier alpha value is -2.31. The second-order valence-corrected chi connectivity index (χ2v) is 7.97. The Morgan fingerprint density at radius 2 is 1.76 bits per heavy atom. The number of halogens is 2. The molecular formula is C21H24Cl2N6. The third kappa shape index (κ3) is 5.19. The number of nitrogens with one attached hydrogen (secondary N) is 2. The van der Waals surface area contributed by atoms with E-state index in [0.29, 0.717) is 16.1 Å². The first kappa shape index (κ1) is 20.0. The Bertz CT molecular complexity index is 975. The van der Waals surface area contributed by atoms with Crippen LogP contribution in [0.25, 0.3) is 10.9 Å². The zero-order valence-corrected chi connectivity index (χ0v) is 17.7. The summed E-state index contributed by atoms with van der Waals surface area (Å²) < 4.78 is 0. The highest BCUT2D eigenvalue weighted by Crippen LogP contribution is 2.24. The van der Waals surface area contributed by atoms with Gasteiger partial charge < -0.3 is 15.5 Å². The molecule has 2 N–H and O–H groups in total. The van der Waals surface area contributed by atoms with Crippen LogP contribution in [0.4, 0.5) is 17.5 Å². The van der Waals surface area contributed by atoms with E-state index < -0.39 is 0 Å². The van der Waals surface area contributed by atoms with E-state index in [-0.39, 0.29) is 0 Å². The Balaban J connectivity index is 1.30. The molecule has 0 aliphatic carbocycles. The summed E-state index contributed by atoms with van der Waals surface area (Å²) in [4.78, 5) is 15.6. The zero-order valence-electron chi connectivity index (χ0n) is 16.2. The summed E-state index contributed by atoms with van der Waals surface area (Å²) in [6.07, 6.45) is 6.39. The molecule has 1 aromatic carbocycles. The van der Waals surface area contributed by atoms with Gasteiger partial charge in [0, 0.05) is 54.5 Å². The van der Waals surface area contributed by atoms with Gasteiger partial charge in [-0.2, -0.15) is 4.98 Å². The maximum Gasteiger partial charge on any atom is 0.226 e. The molecule has 3 heterocycles. The van der Waals surface area contributed by atoms with Crippen molar-refractivity contribution in [3.05, 3.63) is 46.7 Å². The fourth-order valence-corrected chi connectivity index (χ4v) is 3.90. The Morgan fingerprint density at radius 1 is 0.931 bits per heavy atom. The number of anilines is 3. The van der Waals surface area contributed by atoms with Gasteiger partial charge in [0.05, 0.1) is 5.52 Å². The van der Waals surface area contributed by atoms with E-state index in [2.05, 4.69) is 30.5 Å². The zero-order chi connectivity index (χ0) is 20.1. The van der Waals surface area contributed by atoms with E-state index in [1.165, 1.54) is 19.3 Å². The molecule has 6 nitrogen and oxygen atoms in total. The van der Waals surface area contributed by atoms with E-state index in [4.69, 9.17) is 23.2 Å². The molecule has 0 saturated carbocycles. The summed E-state index contributed by atoms with van der Waals surface area (Å²) in [7, 11) is 0. The molecule has 8 heteroatoms. The Labute approximate surface area is 180 Å². The normalized spacial score (nSPS) is 14.2. The summed E-state index contributed by atoms with van der Waals surface area (Å²) in [5.74, 6) is 1.49. The van der Waals surface area contributed by atoms with E-state index in [9.17, 15) is 0 Å². The number of hydrogen-bond donors (Lipinski definition) is 2. The first-order valence-electron chi connectivity index (χ1n) is 10.0. The van der Waals surface area contributed by atoms with Gasteiger partial charge >= 0.3 is 0 Å². The summed E-state index contributed by atoms with van der Waals surface area (Å²) in [6, 6.07) is 9.58. The van der Waals surface area contributed by atoms with Gasteiger partial charge in [-0.25, -0.2) is 4.98 Å². The highest BCUT2D eigenvalue weighted by Gasteiger charge is 2.14. The number of hydrogen-bond acceptors (Lipinski definition) is 6. The van der Waals surface area contributed by atoms with E-state index >= 15 is 0 Å². The van der Waals surface area contributed by atoms with Gasteiger partial charge in [0.1, 0.15) is 11.0 Å². The maximum atomic E-state index is 6.21. The van der Waals surface area contributed by atoms with Crippen molar-refractivity contribution in [2.24, 2.45) is 0 Å². The van der Waals surface area contributed by atoms with Crippen LogP contribution in [-0.2, 0) is 0 Å². The van der Waals surface area contributed by atoms with Crippen molar-refractivity contribution in [2.45, 2.75) is 25.7 Å². The van der Waals surface area contributed by atoms with Gasteiger partial charge in [-0.1, -0.05) is 23.2 Å². The fourth-order valence-electron chi connectivity index (χ4n) is 3.56. The molecule has 3 aromatic rings. The minimum atomic E-state index is 0.475. The Morgan fingerprint density at radius 3 is 2.62 bits per heavy atom. The van der Waals surface area contributed by atoms with E-state index in [1.54, 1.807) is 6.20 Å². The van der Waals surface area contributed by atoms with Crippen molar-refractivity contribution < 1.29 is 0 Å². The Kier molecular flexibility index (Phi) is 6.52. The number of fused-ring (bicyclic) bond motifs is 1. The van der Waals surface area contributed by atoms with Gasteiger partial charge in [-0.3, -0.25) is 4.98 Å². The second kappa shape index (κ2) is 9.46. The van der Waals surface area contributed by atoms with Crippen LogP contribution in [0.3, 0.4) is 0 Å². The summed E-state index contributed by atoms with van der Waals surface area (Å²) in [5.41, 5.74) is 1.94. The second-order valence-electron chi connectivity index (χ2n) is 7.15. The first-order chi connectivity index (χ1) is 14.2. The van der Waals surface area contributed by atoms with Gasteiger partial charge in [0.2, 0.25) is 5.95 Å². The average Bonchev–Trinajstić information content (AvgIpc) is 2.73. The summed E-state index contributed by atoms with van der Waals surface area (Å²) in [5, 5.41) is 8.99. The third-order valence-electron chi connectivity index (χ3n) is 5.02. The van der Waals surface area contributed by atoms with E-state index in [0.717, 1.165) is 55.0 Å². The van der Waals surface area contributed by atoms with Crippen LogP contribution >= 0.6 is 23.2 Å². The number of piperidine rings is 1. The molecule has 2 aromatic heterocycles. The molecule has 0 amide bonds. The lowest BCUT2D eigenvalue weighted by molar-refractivity contribution is 0.573. The van der Waals surface area contributed by atoms with Crippen molar-refractivity contribution in [1.29, 1.82) is 0 Å². The van der Waals surface area contributed by atoms with Crippen LogP contribution in [0.1, 0.15) is 25.7 Å². The van der Waals surface area contributed by atoms with Crippen LogP contribution in [0, 0.1) is 0 Å². The number of pyridine rings is 1. The molecule has 152 valence electrons. The maximum absolute atomic E-state index is 6.21. The molecule has 0 bridgehead atoms. The van der Waals surface area contributed by atoms with Crippen LogP contribution < -0.4 is 15.5 Å². The molecule has 4 rings (SSSR count). The lowest BCUT2D eigenvalue weighted by Gasteiger charge is -2.27. The highest BCUT2D eigenvalue weighted by molar-refractivity contribution is 6.31. The van der Waals surface area contributed by atoms with Crippen molar-refractivity contribution >= 4 is 51.6 Å². The predicted molar refractivity (Wildman–Crippen MR) is 121 cm³/mol. The van der Waals surface area contributed by atoms with Gasteiger partial charge in [-0.05, 0) is 49.9 Å². The predicted octanol–water partition coefficient (Wildman–Crippen LogP) is 5.24. The van der Waals surface area contributed by atoms with Crippen molar-refractivity contribution in [3.63, 3.8) is 0 Å². The first-order valence-corrected chi connectivity index (χ1v) is 10.8. The van der Waals surface area contributed by atoms with E-state index in [1.807, 2.05) is 30.3 Å². The summed E-state index contributed by atoms with van der Waals surface area (Å²) in [6.45, 7) is 3.62. The van der Waals surface area contributed by atoms with Crippen molar-refractivity contribution in [3.8, 4) is 0 Å². The third-order valence-corrected chi connectivity index (χ3v) is 5.45. The minimum absolute atomic E-state index is 0.475. The molecule has 0 unspecified atom stereocenters. The SMILES string of the molecule is Clc1ccc2c(NCCCNc3nc(Cl)cc(N4CCCCC4)n3)ccnc2c1. The number of nitrogens with zero attached hydrogens (tertiary/aromatic N) is 4. The van der Waals surface area contributed by atoms with Gasteiger partial charge in [0.15, 0.2) is 0 Å². The molecule has 1 aliphatic rings. The van der Waals surface area contributed by atoms with Gasteiger partial charge in [-0.15, -0.1) is 0 Å². The summed E-state index contributed by atoms with van der Waals surface area (Å²) >= 11 is 12.3. The van der Waals surface area contributed by atoms with Gasteiger partial charge in [0.25, 0.3) is 0 Å². The lowest BCUT2D eigenvalue weighted by Crippen LogP contribution is -2.30. The quantitative estimate of drug-likeness (QED) is 0.394. The molecule has 1 saturated heterocycles. The molecule has 0 atom stereocenters. The molecule has 1 fully saturated rings. The minimum Gasteiger partial charge on any atom is -0.384 e.